The van der Waals surface area contributed by atoms with Crippen LogP contribution in [0.5, 0.6) is 0 Å². The number of thiophene rings is 2. The van der Waals surface area contributed by atoms with Crippen molar-refractivity contribution in [2.24, 2.45) is 0 Å². The van der Waals surface area contributed by atoms with Crippen molar-refractivity contribution in [3.8, 4) is 56.4 Å². The number of hydrogen-bond donors (Lipinski definition) is 0. The molecule has 5 aromatic heterocycles. The number of hydrogen-bond acceptors (Lipinski definition) is 5. The van der Waals surface area contributed by atoms with Crippen LogP contribution in [-0.2, 0) is 5.41 Å². The van der Waals surface area contributed by atoms with Crippen molar-refractivity contribution < 1.29 is 0 Å². The number of fused-ring (bicyclic) bond motifs is 19. The maximum absolute atomic E-state index is 5.61. The third-order valence-corrected chi connectivity index (χ3v) is 18.0. The van der Waals surface area contributed by atoms with Crippen LogP contribution in [0.2, 0.25) is 0 Å². The summed E-state index contributed by atoms with van der Waals surface area (Å²) in [5, 5.41) is 10.1. The van der Waals surface area contributed by atoms with Crippen LogP contribution in [0.25, 0.3) is 135 Å². The fraction of sp³-hybridized carbons (Fsp3) is 0.0156. The molecule has 70 heavy (non-hydrogen) atoms. The van der Waals surface area contributed by atoms with Crippen LogP contribution < -0.4 is 0 Å². The average Bonchev–Trinajstić information content (AvgIpc) is 4.21. The minimum atomic E-state index is -0.492. The smallest absolute Gasteiger partial charge is 0.165 e. The lowest BCUT2D eigenvalue weighted by Gasteiger charge is -2.30. The Balaban J connectivity index is 0.971. The largest absolute Gasteiger partial charge is 0.308 e. The quantitative estimate of drug-likeness (QED) is 0.177. The highest BCUT2D eigenvalue weighted by atomic mass is 32.1. The summed E-state index contributed by atoms with van der Waals surface area (Å²) in [6.07, 6.45) is 0. The van der Waals surface area contributed by atoms with Crippen LogP contribution >= 0.6 is 22.7 Å². The molecule has 17 rings (SSSR count). The Kier molecular flexibility index (Phi) is 7.15. The van der Waals surface area contributed by atoms with Crippen molar-refractivity contribution >= 4 is 101 Å². The molecule has 0 unspecified atom stereocenters. The molecule has 0 bridgehead atoms. The third kappa shape index (κ3) is 4.59. The lowest BCUT2D eigenvalue weighted by Crippen LogP contribution is -2.25. The van der Waals surface area contributed by atoms with Crippen LogP contribution in [0.4, 0.5) is 0 Å². The number of benzene rings is 10. The van der Waals surface area contributed by atoms with Gasteiger partial charge in [0.15, 0.2) is 17.5 Å². The summed E-state index contributed by atoms with van der Waals surface area (Å²) in [4.78, 5) is 16.7. The van der Waals surface area contributed by atoms with E-state index in [1.54, 1.807) is 11.3 Å². The summed E-state index contributed by atoms with van der Waals surface area (Å²) in [5.41, 5.74) is 16.1. The highest BCUT2D eigenvalue weighted by molar-refractivity contribution is 7.26. The van der Waals surface area contributed by atoms with E-state index in [0.29, 0.717) is 17.5 Å². The van der Waals surface area contributed by atoms with Gasteiger partial charge < -0.3 is 4.40 Å². The van der Waals surface area contributed by atoms with Crippen molar-refractivity contribution in [3.05, 3.63) is 229 Å². The molecule has 0 saturated heterocycles. The molecule has 4 nitrogen and oxygen atoms in total. The first-order chi connectivity index (χ1) is 34.7. The summed E-state index contributed by atoms with van der Waals surface area (Å²) >= 11 is 3.69. The van der Waals surface area contributed by atoms with E-state index in [1.165, 1.54) is 117 Å². The zero-order valence-electron chi connectivity index (χ0n) is 37.2. The van der Waals surface area contributed by atoms with Crippen molar-refractivity contribution in [2.45, 2.75) is 5.41 Å². The number of para-hydroxylation sites is 1. The average molecular weight is 923 g/mol. The van der Waals surface area contributed by atoms with Gasteiger partial charge in [0.25, 0.3) is 0 Å². The summed E-state index contributed by atoms with van der Waals surface area (Å²) in [7, 11) is 0. The molecule has 10 aromatic carbocycles. The van der Waals surface area contributed by atoms with Gasteiger partial charge in [-0.05, 0) is 86.3 Å². The van der Waals surface area contributed by atoms with Gasteiger partial charge in [0.2, 0.25) is 0 Å². The maximum atomic E-state index is 5.61. The molecule has 2 aliphatic rings. The van der Waals surface area contributed by atoms with E-state index in [4.69, 9.17) is 15.0 Å². The minimum absolute atomic E-state index is 0.492. The summed E-state index contributed by atoms with van der Waals surface area (Å²) in [6, 6.07) is 76.1. The Morgan fingerprint density at radius 1 is 0.343 bits per heavy atom. The molecule has 0 amide bonds. The summed E-state index contributed by atoms with van der Waals surface area (Å²) in [6.45, 7) is 0. The molecule has 0 atom stereocenters. The molecule has 0 saturated carbocycles. The first kappa shape index (κ1) is 37.4. The molecule has 5 heterocycles. The molecular formula is C64H34N4S2. The van der Waals surface area contributed by atoms with Crippen molar-refractivity contribution in [3.63, 3.8) is 0 Å². The van der Waals surface area contributed by atoms with Crippen LogP contribution in [-0.4, -0.2) is 19.4 Å². The van der Waals surface area contributed by atoms with Gasteiger partial charge in [0.05, 0.1) is 22.0 Å². The Bertz CT molecular complexity index is 4760. The van der Waals surface area contributed by atoms with E-state index in [2.05, 4.69) is 211 Å². The van der Waals surface area contributed by atoms with Gasteiger partial charge in [0, 0.05) is 73.2 Å². The van der Waals surface area contributed by atoms with E-state index >= 15 is 0 Å². The van der Waals surface area contributed by atoms with Crippen LogP contribution in [0.1, 0.15) is 22.3 Å². The van der Waals surface area contributed by atoms with Crippen LogP contribution in [0, 0.1) is 0 Å². The lowest BCUT2D eigenvalue weighted by atomic mass is 9.70. The van der Waals surface area contributed by atoms with Gasteiger partial charge in [-0.2, -0.15) is 0 Å². The van der Waals surface area contributed by atoms with E-state index in [0.717, 1.165) is 22.2 Å². The number of aromatic nitrogens is 4. The molecule has 0 N–H and O–H groups in total. The predicted molar refractivity (Wildman–Crippen MR) is 293 cm³/mol. The second-order valence-corrected chi connectivity index (χ2v) is 21.0. The maximum Gasteiger partial charge on any atom is 0.165 e. The van der Waals surface area contributed by atoms with E-state index < -0.39 is 5.41 Å². The molecule has 322 valence electrons. The van der Waals surface area contributed by atoms with Crippen molar-refractivity contribution in [1.82, 2.24) is 19.4 Å². The fourth-order valence-corrected chi connectivity index (χ4v) is 15.3. The van der Waals surface area contributed by atoms with E-state index in [9.17, 15) is 0 Å². The molecule has 6 heteroatoms. The van der Waals surface area contributed by atoms with Gasteiger partial charge in [-0.1, -0.05) is 170 Å². The molecular weight excluding hydrogens is 889 g/mol. The molecule has 2 aliphatic carbocycles. The van der Waals surface area contributed by atoms with Crippen molar-refractivity contribution in [2.75, 3.05) is 0 Å². The molecule has 1 spiro atoms. The molecule has 0 radical (unpaired) electrons. The summed E-state index contributed by atoms with van der Waals surface area (Å²) < 4.78 is 7.54. The zero-order chi connectivity index (χ0) is 45.4. The van der Waals surface area contributed by atoms with E-state index in [1.807, 2.05) is 11.3 Å². The van der Waals surface area contributed by atoms with E-state index in [-0.39, 0.29) is 0 Å². The van der Waals surface area contributed by atoms with Gasteiger partial charge in [-0.25, -0.2) is 15.0 Å². The lowest BCUT2D eigenvalue weighted by molar-refractivity contribution is 0.794. The zero-order valence-corrected chi connectivity index (χ0v) is 38.9. The monoisotopic (exact) mass is 922 g/mol. The SMILES string of the molecule is c1ccc2c(c1)-c1ccccc1C21c2ccccc2-c2c(-c3nc(-c4ccc5c6ccc7sc8cccc9c%10ccccc%10n(c5c4)c6c7c89)nc(-c4cccc5c4sc4ccccc45)n3)cccc21. The standard InChI is InChI=1S/C64H34N4S2/c1-6-23-47-36(14-1)37-15-2-7-24-48(37)64(47)49-25-8-3-18-44(49)56-45(21-12-26-50(56)64)62-65-61(66-63(67-62)46-22-11-20-43-40-17-5-10-28-53(40)70-60(43)46)35-30-31-39-42-32-33-55-58-57-41(19-13-29-54(57)69-55)38-16-4-9-27-51(38)68(59(42)58)52(39)34-35/h1-34H. The number of rotatable bonds is 3. The Labute approximate surface area is 408 Å². The normalized spacial score (nSPS) is 13.5. The fourth-order valence-electron chi connectivity index (χ4n) is 12.9. The van der Waals surface area contributed by atoms with Crippen LogP contribution in [0.15, 0.2) is 206 Å². The minimum Gasteiger partial charge on any atom is -0.308 e. The third-order valence-electron chi connectivity index (χ3n) is 15.6. The van der Waals surface area contributed by atoms with Gasteiger partial charge in [0.1, 0.15) is 0 Å². The van der Waals surface area contributed by atoms with Gasteiger partial charge >= 0.3 is 0 Å². The molecule has 0 fully saturated rings. The predicted octanol–water partition coefficient (Wildman–Crippen LogP) is 17.1. The van der Waals surface area contributed by atoms with Gasteiger partial charge in [-0.3, -0.25) is 0 Å². The second kappa shape index (κ2) is 13.4. The van der Waals surface area contributed by atoms with Gasteiger partial charge in [-0.15, -0.1) is 22.7 Å². The molecule has 0 aliphatic heterocycles. The first-order valence-electron chi connectivity index (χ1n) is 23.8. The Morgan fingerprint density at radius 3 is 1.74 bits per heavy atom. The second-order valence-electron chi connectivity index (χ2n) is 18.9. The highest BCUT2D eigenvalue weighted by Crippen LogP contribution is 2.64. The van der Waals surface area contributed by atoms with Crippen molar-refractivity contribution in [1.29, 1.82) is 0 Å². The van der Waals surface area contributed by atoms with Crippen LogP contribution in [0.3, 0.4) is 0 Å². The first-order valence-corrected chi connectivity index (χ1v) is 25.5. The topological polar surface area (TPSA) is 43.1 Å². The Hall–Kier alpha value is -8.55. The Morgan fingerprint density at radius 2 is 0.900 bits per heavy atom. The summed E-state index contributed by atoms with van der Waals surface area (Å²) in [5.74, 6) is 1.96. The molecule has 15 aromatic rings. The highest BCUT2D eigenvalue weighted by Gasteiger charge is 2.52. The number of nitrogens with zero attached hydrogens (tertiary/aromatic N) is 4.